The molecule has 0 fully saturated rings. The molecule has 2 rings (SSSR count). The van der Waals surface area contributed by atoms with Gasteiger partial charge in [-0.3, -0.25) is 0 Å². The zero-order valence-corrected chi connectivity index (χ0v) is 11.9. The van der Waals surface area contributed by atoms with Crippen LogP contribution in [-0.2, 0) is 6.54 Å². The number of nitrogens with zero attached hydrogens (tertiary/aromatic N) is 2. The maximum Gasteiger partial charge on any atom is 0.199 e. The fourth-order valence-corrected chi connectivity index (χ4v) is 1.89. The molecule has 3 N–H and O–H groups in total. The first-order valence-corrected chi connectivity index (χ1v) is 6.87. The Bertz CT molecular complexity index is 534. The fourth-order valence-electron chi connectivity index (χ4n) is 1.89. The molecule has 20 heavy (non-hydrogen) atoms. The first-order valence-electron chi connectivity index (χ1n) is 6.87. The van der Waals surface area contributed by atoms with E-state index in [9.17, 15) is 0 Å². The molecule has 1 aromatic heterocycles. The topological polar surface area (TPSA) is 47.1 Å². The number of hydrogen-bond donors (Lipinski definition) is 2. The number of nitrogens with one attached hydrogen (secondary N) is 1. The molecule has 0 saturated heterocycles. The van der Waals surface area contributed by atoms with E-state index in [-0.39, 0.29) is 0 Å². The van der Waals surface area contributed by atoms with Crippen molar-refractivity contribution in [2.45, 2.75) is 13.0 Å². The highest BCUT2D eigenvalue weighted by Crippen LogP contribution is 2.05. The predicted octanol–water partition coefficient (Wildman–Crippen LogP) is -0.126. The number of hydrogen-bond acceptors (Lipinski definition) is 2. The average Bonchev–Trinajstić information content (AvgIpc) is 2.52. The number of aromatic nitrogens is 1. The Morgan fingerprint density at radius 2 is 1.85 bits per heavy atom. The molecule has 0 aliphatic rings. The second kappa shape index (κ2) is 7.40. The predicted molar refractivity (Wildman–Crippen MR) is 81.3 cm³/mol. The van der Waals surface area contributed by atoms with Crippen LogP contribution in [0.5, 0.6) is 0 Å². The van der Waals surface area contributed by atoms with Gasteiger partial charge in [0.15, 0.2) is 18.6 Å². The number of benzene rings is 1. The highest BCUT2D eigenvalue weighted by Gasteiger charge is 2.03. The van der Waals surface area contributed by atoms with Crippen LogP contribution in [0.4, 0.5) is 5.69 Å². The minimum absolute atomic E-state index is 0.726. The van der Waals surface area contributed by atoms with E-state index >= 15 is 0 Å². The summed E-state index contributed by atoms with van der Waals surface area (Å²) in [6.45, 7) is 1.69. The van der Waals surface area contributed by atoms with Gasteiger partial charge >= 0.3 is 0 Å². The molecule has 0 radical (unpaired) electrons. The zero-order chi connectivity index (χ0) is 14.2. The molecular formula is C16H22N4+2. The van der Waals surface area contributed by atoms with Crippen LogP contribution in [0, 0.1) is 0 Å². The maximum absolute atomic E-state index is 5.51. The van der Waals surface area contributed by atoms with Crippen molar-refractivity contribution in [3.8, 4) is 0 Å². The largest absolute Gasteiger partial charge is 0.330 e. The van der Waals surface area contributed by atoms with Gasteiger partial charge in [0.05, 0.1) is 18.3 Å². The van der Waals surface area contributed by atoms with Gasteiger partial charge in [-0.05, 0) is 18.7 Å². The molecule has 4 heteroatoms. The number of anilines is 1. The van der Waals surface area contributed by atoms with E-state index < -0.39 is 0 Å². The van der Waals surface area contributed by atoms with Crippen molar-refractivity contribution >= 4 is 11.9 Å². The zero-order valence-electron chi connectivity index (χ0n) is 11.9. The number of para-hydroxylation sites is 1. The summed E-state index contributed by atoms with van der Waals surface area (Å²) in [6, 6.07) is 14.4. The summed E-state index contributed by atoms with van der Waals surface area (Å²) >= 11 is 0. The van der Waals surface area contributed by atoms with Crippen molar-refractivity contribution in [2.75, 3.05) is 18.6 Å². The van der Waals surface area contributed by atoms with Gasteiger partial charge in [0.25, 0.3) is 0 Å². The van der Waals surface area contributed by atoms with Gasteiger partial charge in [-0.25, -0.2) is 4.57 Å². The van der Waals surface area contributed by atoms with Gasteiger partial charge in [-0.1, -0.05) is 18.2 Å². The molecule has 0 saturated carbocycles. The summed E-state index contributed by atoms with van der Waals surface area (Å²) in [7, 11) is 2.00. The van der Waals surface area contributed by atoms with Crippen LogP contribution in [0.25, 0.3) is 0 Å². The third kappa shape index (κ3) is 4.17. The lowest BCUT2D eigenvalue weighted by Gasteiger charge is -2.05. The maximum atomic E-state index is 5.51. The van der Waals surface area contributed by atoms with Crippen LogP contribution in [0.15, 0.2) is 54.9 Å². The van der Waals surface area contributed by atoms with Crippen molar-refractivity contribution < 1.29 is 9.67 Å². The van der Waals surface area contributed by atoms with Gasteiger partial charge in [-0.15, -0.1) is 5.10 Å². The molecule has 2 aromatic rings. The highest BCUT2D eigenvalue weighted by molar-refractivity contribution is 5.74. The third-order valence-electron chi connectivity index (χ3n) is 3.11. The van der Waals surface area contributed by atoms with Gasteiger partial charge in [0.2, 0.25) is 0 Å². The number of nitrogens with two attached hydrogens (primary N) is 1. The quantitative estimate of drug-likeness (QED) is 0.436. The minimum Gasteiger partial charge on any atom is -0.330 e. The monoisotopic (exact) mass is 270 g/mol. The molecule has 1 heterocycles. The van der Waals surface area contributed by atoms with Crippen LogP contribution in [0.2, 0.25) is 0 Å². The summed E-state index contributed by atoms with van der Waals surface area (Å²) in [5, 5.41) is 5.24. The Morgan fingerprint density at radius 1 is 1.15 bits per heavy atom. The summed E-state index contributed by atoms with van der Waals surface area (Å²) in [5.74, 6) is 0. The molecular weight excluding hydrogens is 248 g/mol. The Labute approximate surface area is 120 Å². The minimum atomic E-state index is 0.726. The number of aryl methyl sites for hydroxylation is 1. The molecule has 0 amide bonds. The van der Waals surface area contributed by atoms with Crippen LogP contribution in [0.1, 0.15) is 12.0 Å². The van der Waals surface area contributed by atoms with E-state index in [1.807, 2.05) is 36.5 Å². The van der Waals surface area contributed by atoms with Crippen molar-refractivity contribution in [3.05, 3.63) is 60.4 Å². The summed E-state index contributed by atoms with van der Waals surface area (Å²) < 4.78 is 2.14. The summed E-state index contributed by atoms with van der Waals surface area (Å²) in [4.78, 5) is 0. The van der Waals surface area contributed by atoms with Crippen molar-refractivity contribution in [2.24, 2.45) is 5.73 Å². The average molecular weight is 270 g/mol. The number of hydrazine groups is 1. The van der Waals surface area contributed by atoms with Crippen LogP contribution >= 0.6 is 0 Å². The molecule has 0 spiro atoms. The van der Waals surface area contributed by atoms with Gasteiger partial charge in [0.1, 0.15) is 6.54 Å². The second-order valence-corrected chi connectivity index (χ2v) is 4.68. The number of pyridine rings is 1. The summed E-state index contributed by atoms with van der Waals surface area (Å²) in [6.07, 6.45) is 7.14. The van der Waals surface area contributed by atoms with Gasteiger partial charge < -0.3 is 5.73 Å². The normalized spacial score (nSPS) is 10.9. The SMILES string of the molecule is CN(/[NH+]=C/c1cc[n+](CCCN)cc1)c1ccccc1. The van der Waals surface area contributed by atoms with E-state index in [2.05, 4.69) is 46.3 Å². The number of rotatable bonds is 6. The van der Waals surface area contributed by atoms with E-state index in [1.54, 1.807) is 0 Å². The molecule has 0 unspecified atom stereocenters. The fraction of sp³-hybridized carbons (Fsp3) is 0.250. The second-order valence-electron chi connectivity index (χ2n) is 4.68. The Kier molecular flexibility index (Phi) is 5.26. The molecule has 0 aliphatic heterocycles. The first kappa shape index (κ1) is 14.2. The molecule has 1 aromatic carbocycles. The smallest absolute Gasteiger partial charge is 0.199 e. The molecule has 0 aliphatic carbocycles. The van der Waals surface area contributed by atoms with Gasteiger partial charge in [-0.2, -0.15) is 5.01 Å². The standard InChI is InChI=1S/C16H21N4/c1-19(16-6-3-2-4-7-16)18-14-15-8-12-20(13-9-15)11-5-10-17/h2-4,6-9,12-14H,5,10-11,17H2,1H3/q+1/p+1. The van der Waals surface area contributed by atoms with Gasteiger partial charge in [0, 0.05) is 18.6 Å². The molecule has 0 bridgehead atoms. The lowest BCUT2D eigenvalue weighted by atomic mass is 10.3. The lowest BCUT2D eigenvalue weighted by molar-refractivity contribution is -0.697. The third-order valence-corrected chi connectivity index (χ3v) is 3.11. The van der Waals surface area contributed by atoms with E-state index in [0.717, 1.165) is 30.8 Å². The number of hydrazone groups is 1. The lowest BCUT2D eigenvalue weighted by Crippen LogP contribution is -2.80. The Balaban J connectivity index is 1.97. The van der Waals surface area contributed by atoms with Crippen LogP contribution in [-0.4, -0.2) is 19.8 Å². The highest BCUT2D eigenvalue weighted by atomic mass is 15.4. The Morgan fingerprint density at radius 3 is 2.50 bits per heavy atom. The van der Waals surface area contributed by atoms with E-state index in [4.69, 9.17) is 5.73 Å². The molecule has 0 atom stereocenters. The Hall–Kier alpha value is -2.20. The first-order chi connectivity index (χ1) is 9.79. The molecule has 4 nitrogen and oxygen atoms in total. The van der Waals surface area contributed by atoms with Crippen LogP contribution in [0.3, 0.4) is 0 Å². The van der Waals surface area contributed by atoms with E-state index in [0.29, 0.717) is 0 Å². The van der Waals surface area contributed by atoms with Crippen molar-refractivity contribution in [1.82, 2.24) is 0 Å². The van der Waals surface area contributed by atoms with Crippen LogP contribution < -0.4 is 20.4 Å². The molecule has 104 valence electrons. The van der Waals surface area contributed by atoms with E-state index in [1.165, 1.54) is 0 Å². The van der Waals surface area contributed by atoms with Crippen molar-refractivity contribution in [3.63, 3.8) is 0 Å². The summed E-state index contributed by atoms with van der Waals surface area (Å²) in [5.41, 5.74) is 7.77. The van der Waals surface area contributed by atoms with Crippen molar-refractivity contribution in [1.29, 1.82) is 0 Å².